The van der Waals surface area contributed by atoms with Gasteiger partial charge < -0.3 is 9.15 Å². The van der Waals surface area contributed by atoms with Crippen molar-refractivity contribution in [1.82, 2.24) is 5.01 Å². The Kier molecular flexibility index (Phi) is 5.45. The molecule has 0 bridgehead atoms. The van der Waals surface area contributed by atoms with Crippen LogP contribution in [0.5, 0.6) is 0 Å². The first-order valence-corrected chi connectivity index (χ1v) is 10.9. The molecule has 1 saturated carbocycles. The maximum absolute atomic E-state index is 13.7. The lowest BCUT2D eigenvalue weighted by molar-refractivity contribution is -0.964. The van der Waals surface area contributed by atoms with E-state index in [4.69, 9.17) is 9.15 Å². The minimum Gasteiger partial charge on any atom is -0.464 e. The number of rotatable bonds is 3. The molecule has 2 aliphatic rings. The van der Waals surface area contributed by atoms with Crippen molar-refractivity contribution >= 4 is 12.0 Å². The topological polar surface area (TPSA) is 59.8 Å². The smallest absolute Gasteiger partial charge is 0.464 e. The number of quaternary nitrogens is 1. The molecule has 1 saturated heterocycles. The van der Waals surface area contributed by atoms with E-state index in [0.29, 0.717) is 18.7 Å². The molecule has 2 heterocycles. The van der Waals surface area contributed by atoms with Crippen LogP contribution in [-0.2, 0) is 4.74 Å². The predicted molar refractivity (Wildman–Crippen MR) is 113 cm³/mol. The molecule has 2 fully saturated rings. The van der Waals surface area contributed by atoms with E-state index in [1.165, 1.54) is 0 Å². The van der Waals surface area contributed by atoms with Gasteiger partial charge in [-0.15, -0.1) is 4.59 Å². The summed E-state index contributed by atoms with van der Waals surface area (Å²) in [6.07, 6.45) is 6.08. The third-order valence-electron chi connectivity index (χ3n) is 5.74. The largest absolute Gasteiger partial charge is 0.542 e. The first-order chi connectivity index (χ1) is 14.3. The second-order valence-electron chi connectivity index (χ2n) is 9.35. The molecule has 0 unspecified atom stereocenters. The van der Waals surface area contributed by atoms with E-state index in [9.17, 15) is 9.59 Å². The molecular formula is C24H31N2O4+. The summed E-state index contributed by atoms with van der Waals surface area (Å²) in [5.41, 5.74) is 0.912. The van der Waals surface area contributed by atoms with E-state index in [0.717, 1.165) is 43.4 Å². The zero-order valence-electron chi connectivity index (χ0n) is 18.1. The summed E-state index contributed by atoms with van der Waals surface area (Å²) in [7, 11) is 0. The van der Waals surface area contributed by atoms with Gasteiger partial charge in [0.05, 0.1) is 12.3 Å². The number of carbonyl (C=O) groups excluding carboxylic acids is 2. The monoisotopic (exact) mass is 411 g/mol. The lowest BCUT2D eigenvalue weighted by atomic mass is 10.1. The molecule has 1 aliphatic heterocycles. The Balaban J connectivity index is 1.65. The fourth-order valence-electron chi connectivity index (χ4n) is 4.19. The van der Waals surface area contributed by atoms with Crippen LogP contribution in [0.3, 0.4) is 0 Å². The Morgan fingerprint density at radius 1 is 1.03 bits per heavy atom. The molecule has 160 valence electrons. The first-order valence-electron chi connectivity index (χ1n) is 10.9. The molecule has 0 N–H and O–H groups in total. The molecule has 6 nitrogen and oxygen atoms in total. The molecule has 0 atom stereocenters. The first kappa shape index (κ1) is 20.7. The van der Waals surface area contributed by atoms with Gasteiger partial charge in [-0.25, -0.2) is 0 Å². The van der Waals surface area contributed by atoms with Crippen molar-refractivity contribution in [3.05, 3.63) is 48.2 Å². The quantitative estimate of drug-likeness (QED) is 0.634. The fraction of sp³-hybridized carbons (Fsp3) is 0.500. The number of furan rings is 1. The summed E-state index contributed by atoms with van der Waals surface area (Å²) < 4.78 is 11.3. The molecule has 1 aromatic heterocycles. The molecule has 2 aromatic rings. The van der Waals surface area contributed by atoms with Crippen molar-refractivity contribution in [3.8, 4) is 11.3 Å². The number of hydrogen-bond donors (Lipinski definition) is 0. The average molecular weight is 412 g/mol. The Hall–Kier alpha value is -2.60. The van der Waals surface area contributed by atoms with Crippen LogP contribution in [0.4, 0.5) is 4.79 Å². The van der Waals surface area contributed by atoms with Gasteiger partial charge in [0.2, 0.25) is 0 Å². The van der Waals surface area contributed by atoms with Crippen molar-refractivity contribution in [1.29, 1.82) is 0 Å². The van der Waals surface area contributed by atoms with E-state index < -0.39 is 5.60 Å². The lowest BCUT2D eigenvalue weighted by Crippen LogP contribution is -2.68. The Morgan fingerprint density at radius 3 is 2.23 bits per heavy atom. The number of likely N-dealkylation sites (tertiary alicyclic amines) is 1. The molecular weight excluding hydrogens is 380 g/mol. The lowest BCUT2D eigenvalue weighted by Gasteiger charge is -2.45. The maximum atomic E-state index is 13.7. The second-order valence-corrected chi connectivity index (χ2v) is 9.35. The molecule has 1 aliphatic carbocycles. The second kappa shape index (κ2) is 7.91. The van der Waals surface area contributed by atoms with Gasteiger partial charge in [0.25, 0.3) is 5.91 Å². The highest BCUT2D eigenvalue weighted by molar-refractivity contribution is 5.94. The van der Waals surface area contributed by atoms with Gasteiger partial charge >= 0.3 is 6.09 Å². The predicted octanol–water partition coefficient (Wildman–Crippen LogP) is 5.40. The van der Waals surface area contributed by atoms with E-state index >= 15 is 0 Å². The number of nitrogens with zero attached hydrogens (tertiary/aromatic N) is 2. The SMILES string of the molecule is CC(C)(C)OC(=O)[N+]1(N(C(=O)c2ccc(-c3ccco3)cc2)C2CC2)CCCCC1. The highest BCUT2D eigenvalue weighted by Gasteiger charge is 2.55. The van der Waals surface area contributed by atoms with Crippen LogP contribution in [-0.4, -0.2) is 46.3 Å². The maximum Gasteiger partial charge on any atom is 0.542 e. The number of ether oxygens (including phenoxy) is 1. The molecule has 0 spiro atoms. The van der Waals surface area contributed by atoms with E-state index in [1.807, 2.05) is 62.2 Å². The zero-order valence-corrected chi connectivity index (χ0v) is 18.1. The minimum absolute atomic E-state index is 0.0132. The van der Waals surface area contributed by atoms with Crippen LogP contribution in [0.2, 0.25) is 0 Å². The Labute approximate surface area is 178 Å². The summed E-state index contributed by atoms with van der Waals surface area (Å²) >= 11 is 0. The van der Waals surface area contributed by atoms with E-state index in [2.05, 4.69) is 0 Å². The van der Waals surface area contributed by atoms with Crippen molar-refractivity contribution in [2.45, 2.75) is 64.5 Å². The Bertz CT molecular complexity index is 886. The molecule has 30 heavy (non-hydrogen) atoms. The van der Waals surface area contributed by atoms with Gasteiger partial charge in [-0.1, -0.05) is 12.1 Å². The van der Waals surface area contributed by atoms with Gasteiger partial charge in [-0.3, -0.25) is 4.79 Å². The van der Waals surface area contributed by atoms with Crippen molar-refractivity contribution in [2.75, 3.05) is 13.1 Å². The Morgan fingerprint density at radius 2 is 1.70 bits per heavy atom. The van der Waals surface area contributed by atoms with Crippen LogP contribution in [0.15, 0.2) is 47.1 Å². The van der Waals surface area contributed by atoms with Gasteiger partial charge in [0, 0.05) is 11.1 Å². The fourth-order valence-corrected chi connectivity index (χ4v) is 4.19. The number of hydrogen-bond acceptors (Lipinski definition) is 4. The van der Waals surface area contributed by atoms with Gasteiger partial charge in [0.15, 0.2) is 0 Å². The van der Waals surface area contributed by atoms with Gasteiger partial charge in [0.1, 0.15) is 24.5 Å². The standard InChI is InChI=1S/C24H31N2O4/c1-24(2,3)30-23(28)26(15-5-4-6-16-26)25(20-13-14-20)22(27)19-11-9-18(10-12-19)21-8-7-17-29-21/h7-12,17,20H,4-6,13-16H2,1-3H3/q+1. The molecule has 1 aromatic carbocycles. The van der Waals surface area contributed by atoms with Gasteiger partial charge in [-0.05, 0) is 77.1 Å². The van der Waals surface area contributed by atoms with Crippen LogP contribution in [0.25, 0.3) is 11.3 Å². The van der Waals surface area contributed by atoms with Crippen molar-refractivity contribution in [3.63, 3.8) is 0 Å². The highest BCUT2D eigenvalue weighted by atomic mass is 16.6. The molecule has 2 amide bonds. The number of carbonyl (C=O) groups is 2. The third kappa shape index (κ3) is 4.15. The van der Waals surface area contributed by atoms with Gasteiger partial charge in [-0.2, -0.15) is 9.80 Å². The van der Waals surface area contributed by atoms with Crippen LogP contribution in [0.1, 0.15) is 63.2 Å². The van der Waals surface area contributed by atoms with Crippen molar-refractivity contribution < 1.29 is 23.3 Å². The summed E-state index contributed by atoms with van der Waals surface area (Å²) in [4.78, 5) is 27.1. The summed E-state index contributed by atoms with van der Waals surface area (Å²) in [6.45, 7) is 6.86. The molecule has 4 rings (SSSR count). The van der Waals surface area contributed by atoms with E-state index in [1.54, 1.807) is 6.26 Å². The highest BCUT2D eigenvalue weighted by Crippen LogP contribution is 2.37. The zero-order chi connectivity index (χ0) is 21.4. The number of piperidine rings is 1. The van der Waals surface area contributed by atoms with Crippen LogP contribution >= 0.6 is 0 Å². The molecule has 6 heteroatoms. The number of amides is 2. The minimum atomic E-state index is -0.595. The summed E-state index contributed by atoms with van der Waals surface area (Å²) in [5, 5.41) is 1.81. The third-order valence-corrected chi connectivity index (χ3v) is 5.74. The van der Waals surface area contributed by atoms with E-state index in [-0.39, 0.29) is 22.6 Å². The average Bonchev–Trinajstić information content (AvgIpc) is 3.38. The molecule has 0 radical (unpaired) electrons. The van der Waals surface area contributed by atoms with Crippen LogP contribution in [0, 0.1) is 0 Å². The van der Waals surface area contributed by atoms with Crippen LogP contribution < -0.4 is 0 Å². The normalized spacial score (nSPS) is 18.6. The van der Waals surface area contributed by atoms with Crippen molar-refractivity contribution in [2.24, 2.45) is 0 Å². The summed E-state index contributed by atoms with van der Waals surface area (Å²) in [5.74, 6) is 0.664. The number of benzene rings is 1. The summed E-state index contributed by atoms with van der Waals surface area (Å²) in [6, 6.07) is 11.3.